The standard InChI is InChI=1S/C26H32N4O2S2/c1-17-7-8-19(15-18(17)2)33-14-9-23(31)30-12-10-29(11-13-30)16-22-27-25(32)24-20-5-3-4-6-21(20)34-26(24)28-22/h7-8,15H,3-6,9-14,16H2,1-2H3,(H,27,28,32). The number of H-pyrrole nitrogens is 1. The fourth-order valence-corrected chi connectivity index (χ4v) is 7.09. The van der Waals surface area contributed by atoms with Crippen LogP contribution in [0.4, 0.5) is 0 Å². The molecule has 1 aromatic carbocycles. The van der Waals surface area contributed by atoms with Crippen LogP contribution in [0, 0.1) is 13.8 Å². The number of aromatic nitrogens is 2. The molecule has 1 amide bonds. The zero-order valence-corrected chi connectivity index (χ0v) is 21.6. The largest absolute Gasteiger partial charge is 0.340 e. The Hall–Kier alpha value is -2.16. The van der Waals surface area contributed by atoms with Gasteiger partial charge in [0.25, 0.3) is 5.56 Å². The number of carbonyl (C=O) groups excluding carboxylic acids is 1. The molecular weight excluding hydrogens is 464 g/mol. The van der Waals surface area contributed by atoms with Crippen molar-refractivity contribution in [1.29, 1.82) is 0 Å². The van der Waals surface area contributed by atoms with Gasteiger partial charge in [0.1, 0.15) is 10.7 Å². The van der Waals surface area contributed by atoms with E-state index in [0.29, 0.717) is 13.0 Å². The number of rotatable bonds is 6. The van der Waals surface area contributed by atoms with Gasteiger partial charge in [0, 0.05) is 48.1 Å². The maximum atomic E-state index is 12.8. The molecule has 1 N–H and O–H groups in total. The van der Waals surface area contributed by atoms with Crippen molar-refractivity contribution in [2.45, 2.75) is 57.4 Å². The van der Waals surface area contributed by atoms with Crippen LogP contribution in [0.3, 0.4) is 0 Å². The third kappa shape index (κ3) is 5.09. The minimum Gasteiger partial charge on any atom is -0.340 e. The SMILES string of the molecule is Cc1ccc(SCCC(=O)N2CCN(Cc3nc4sc5c(c4c(=O)[nH]3)CCCC5)CC2)cc1C. The molecule has 1 saturated heterocycles. The van der Waals surface area contributed by atoms with E-state index in [9.17, 15) is 9.59 Å². The second kappa shape index (κ2) is 10.2. The van der Waals surface area contributed by atoms with Crippen molar-refractivity contribution in [2.75, 3.05) is 31.9 Å². The summed E-state index contributed by atoms with van der Waals surface area (Å²) in [7, 11) is 0. The van der Waals surface area contributed by atoms with Crippen molar-refractivity contribution in [1.82, 2.24) is 19.8 Å². The Morgan fingerprint density at radius 2 is 1.91 bits per heavy atom. The number of thiophene rings is 1. The maximum absolute atomic E-state index is 12.8. The Bertz CT molecular complexity index is 1260. The molecule has 5 rings (SSSR count). The van der Waals surface area contributed by atoms with E-state index in [1.54, 1.807) is 23.1 Å². The molecule has 1 fully saturated rings. The van der Waals surface area contributed by atoms with Gasteiger partial charge in [0.15, 0.2) is 0 Å². The Morgan fingerprint density at radius 1 is 1.12 bits per heavy atom. The first-order chi connectivity index (χ1) is 16.5. The van der Waals surface area contributed by atoms with E-state index in [-0.39, 0.29) is 11.5 Å². The number of nitrogens with zero attached hydrogens (tertiary/aromatic N) is 3. The fourth-order valence-electron chi connectivity index (χ4n) is 4.87. The summed E-state index contributed by atoms with van der Waals surface area (Å²) in [6, 6.07) is 6.48. The molecule has 0 bridgehead atoms. The zero-order valence-electron chi connectivity index (χ0n) is 20.0. The summed E-state index contributed by atoms with van der Waals surface area (Å²) in [5.41, 5.74) is 3.83. The van der Waals surface area contributed by atoms with Gasteiger partial charge < -0.3 is 9.88 Å². The lowest BCUT2D eigenvalue weighted by Gasteiger charge is -2.34. The normalized spacial score (nSPS) is 16.7. The van der Waals surface area contributed by atoms with Gasteiger partial charge >= 0.3 is 0 Å². The molecule has 3 aromatic rings. The Kier molecular flexibility index (Phi) is 7.09. The molecule has 34 heavy (non-hydrogen) atoms. The van der Waals surface area contributed by atoms with Gasteiger partial charge in [-0.3, -0.25) is 14.5 Å². The number of nitrogens with one attached hydrogen (secondary N) is 1. The zero-order chi connectivity index (χ0) is 23.7. The number of aryl methyl sites for hydroxylation is 4. The summed E-state index contributed by atoms with van der Waals surface area (Å²) in [5.74, 6) is 1.77. The van der Waals surface area contributed by atoms with Gasteiger partial charge in [-0.05, 0) is 68.4 Å². The summed E-state index contributed by atoms with van der Waals surface area (Å²) in [4.78, 5) is 41.1. The smallest absolute Gasteiger partial charge is 0.259 e. The number of thioether (sulfide) groups is 1. The molecule has 0 radical (unpaired) electrons. The van der Waals surface area contributed by atoms with Gasteiger partial charge in [0.2, 0.25) is 5.91 Å². The molecule has 6 nitrogen and oxygen atoms in total. The summed E-state index contributed by atoms with van der Waals surface area (Å²) >= 11 is 3.45. The van der Waals surface area contributed by atoms with Crippen LogP contribution in [-0.2, 0) is 24.2 Å². The van der Waals surface area contributed by atoms with Gasteiger partial charge in [0.05, 0.1) is 11.9 Å². The van der Waals surface area contributed by atoms with Gasteiger partial charge in [-0.15, -0.1) is 23.1 Å². The van der Waals surface area contributed by atoms with Crippen LogP contribution in [0.25, 0.3) is 10.2 Å². The summed E-state index contributed by atoms with van der Waals surface area (Å²) < 4.78 is 0. The number of benzene rings is 1. The van der Waals surface area contributed by atoms with Crippen LogP contribution in [0.2, 0.25) is 0 Å². The van der Waals surface area contributed by atoms with Crippen molar-refractivity contribution < 1.29 is 4.79 Å². The Morgan fingerprint density at radius 3 is 2.71 bits per heavy atom. The molecule has 8 heteroatoms. The molecule has 1 aliphatic carbocycles. The number of fused-ring (bicyclic) bond motifs is 3. The Labute approximate surface area is 208 Å². The summed E-state index contributed by atoms with van der Waals surface area (Å²) in [6.07, 6.45) is 5.00. The van der Waals surface area contributed by atoms with Gasteiger partial charge in [-0.25, -0.2) is 4.98 Å². The van der Waals surface area contributed by atoms with E-state index in [1.165, 1.54) is 32.9 Å². The summed E-state index contributed by atoms with van der Waals surface area (Å²) in [6.45, 7) is 7.94. The third-order valence-corrected chi connectivity index (χ3v) is 9.22. The van der Waals surface area contributed by atoms with E-state index >= 15 is 0 Å². The third-order valence-electron chi connectivity index (χ3n) is 7.04. The van der Waals surface area contributed by atoms with Crippen LogP contribution < -0.4 is 5.56 Å². The predicted octanol–water partition coefficient (Wildman–Crippen LogP) is 4.31. The first-order valence-electron chi connectivity index (χ1n) is 12.2. The molecule has 3 heterocycles. The van der Waals surface area contributed by atoms with Crippen LogP contribution >= 0.6 is 23.1 Å². The molecule has 0 unspecified atom stereocenters. The molecule has 2 aromatic heterocycles. The quantitative estimate of drug-likeness (QED) is 0.515. The van der Waals surface area contributed by atoms with E-state index in [0.717, 1.165) is 67.2 Å². The second-order valence-electron chi connectivity index (χ2n) is 9.41. The van der Waals surface area contributed by atoms with Crippen LogP contribution in [0.5, 0.6) is 0 Å². The highest BCUT2D eigenvalue weighted by Crippen LogP contribution is 2.33. The van der Waals surface area contributed by atoms with Crippen LogP contribution in [-0.4, -0.2) is 57.6 Å². The lowest BCUT2D eigenvalue weighted by atomic mass is 9.97. The number of piperazine rings is 1. The molecule has 1 aliphatic heterocycles. The average molecular weight is 497 g/mol. The van der Waals surface area contributed by atoms with Crippen molar-refractivity contribution in [3.05, 3.63) is 55.9 Å². The van der Waals surface area contributed by atoms with Crippen molar-refractivity contribution in [2.24, 2.45) is 0 Å². The Balaban J connectivity index is 1.12. The number of hydrogen-bond donors (Lipinski definition) is 1. The summed E-state index contributed by atoms with van der Waals surface area (Å²) in [5, 5.41) is 0.817. The van der Waals surface area contributed by atoms with Gasteiger partial charge in [-0.1, -0.05) is 6.07 Å². The van der Waals surface area contributed by atoms with E-state index in [1.807, 2.05) is 4.90 Å². The first-order valence-corrected chi connectivity index (χ1v) is 14.0. The highest BCUT2D eigenvalue weighted by Gasteiger charge is 2.23. The van der Waals surface area contributed by atoms with E-state index < -0.39 is 0 Å². The average Bonchev–Trinajstić information content (AvgIpc) is 3.20. The fraction of sp³-hybridized carbons (Fsp3) is 0.500. The molecule has 180 valence electrons. The number of amides is 1. The van der Waals surface area contributed by atoms with Crippen LogP contribution in [0.15, 0.2) is 27.9 Å². The molecule has 0 spiro atoms. The number of aromatic amines is 1. The number of carbonyl (C=O) groups is 1. The predicted molar refractivity (Wildman–Crippen MR) is 140 cm³/mol. The first kappa shape index (κ1) is 23.6. The van der Waals surface area contributed by atoms with Crippen molar-refractivity contribution >= 4 is 39.2 Å². The lowest BCUT2D eigenvalue weighted by Crippen LogP contribution is -2.48. The molecule has 0 saturated carbocycles. The second-order valence-corrected chi connectivity index (χ2v) is 11.7. The van der Waals surface area contributed by atoms with Crippen LogP contribution in [0.1, 0.15) is 46.7 Å². The topological polar surface area (TPSA) is 69.3 Å². The van der Waals surface area contributed by atoms with Crippen molar-refractivity contribution in [3.63, 3.8) is 0 Å². The molecule has 2 aliphatic rings. The highest BCUT2D eigenvalue weighted by atomic mass is 32.2. The lowest BCUT2D eigenvalue weighted by molar-refractivity contribution is -0.132. The minimum absolute atomic E-state index is 0.00878. The highest BCUT2D eigenvalue weighted by molar-refractivity contribution is 7.99. The monoisotopic (exact) mass is 496 g/mol. The number of hydrogen-bond acceptors (Lipinski definition) is 6. The van der Waals surface area contributed by atoms with E-state index in [2.05, 4.69) is 41.9 Å². The van der Waals surface area contributed by atoms with Crippen molar-refractivity contribution in [3.8, 4) is 0 Å². The molecule has 0 atom stereocenters. The maximum Gasteiger partial charge on any atom is 0.259 e. The van der Waals surface area contributed by atoms with Gasteiger partial charge in [-0.2, -0.15) is 0 Å². The van der Waals surface area contributed by atoms with E-state index in [4.69, 9.17) is 4.98 Å². The molecular formula is C26H32N4O2S2. The minimum atomic E-state index is 0.00878.